The van der Waals surface area contributed by atoms with E-state index in [1.807, 2.05) is 34.9 Å². The van der Waals surface area contributed by atoms with Crippen molar-refractivity contribution >= 4 is 33.8 Å². The predicted molar refractivity (Wildman–Crippen MR) is 244 cm³/mol. The first kappa shape index (κ1) is 64.9. The van der Waals surface area contributed by atoms with E-state index < -0.39 is 195 Å². The van der Waals surface area contributed by atoms with Crippen molar-refractivity contribution in [3.63, 3.8) is 0 Å². The normalized spacial score (nSPS) is 13.2. The van der Waals surface area contributed by atoms with E-state index in [2.05, 4.69) is 11.9 Å². The summed E-state index contributed by atoms with van der Waals surface area (Å²) in [6.07, 6.45) is -42.3. The van der Waals surface area contributed by atoms with Crippen LogP contribution >= 0.6 is 0 Å². The summed E-state index contributed by atoms with van der Waals surface area (Å²) in [6, 6.07) is 0.517. The van der Waals surface area contributed by atoms with Crippen molar-refractivity contribution in [3.05, 3.63) is 172 Å². The average Bonchev–Trinajstić information content (AvgIpc) is 3.11. The highest BCUT2D eigenvalue weighted by molar-refractivity contribution is 7.20. The Labute approximate surface area is 443 Å². The van der Waals surface area contributed by atoms with E-state index in [0.29, 0.717) is 18.1 Å². The molecule has 0 aliphatic carbocycles. The summed E-state index contributed by atoms with van der Waals surface area (Å²) in [6.45, 7) is 3.15. The van der Waals surface area contributed by atoms with Crippen LogP contribution in [0.5, 0.6) is 5.88 Å². The Bertz CT molecular complexity index is 2680. The van der Waals surface area contributed by atoms with Crippen molar-refractivity contribution in [3.8, 4) is 5.88 Å². The van der Waals surface area contributed by atoms with Gasteiger partial charge in [0, 0.05) is 5.56 Å². The van der Waals surface area contributed by atoms with Gasteiger partial charge in [-0.05, 0) is 30.7 Å². The van der Waals surface area contributed by atoms with Gasteiger partial charge in [-0.25, -0.2) is 4.98 Å². The van der Waals surface area contributed by atoms with Crippen LogP contribution in [-0.4, -0.2) is 23.5 Å². The first-order chi connectivity index (χ1) is 37.1. The number of hydrogen-bond acceptors (Lipinski definition) is 3. The van der Waals surface area contributed by atoms with Crippen molar-refractivity contribution in [1.82, 2.24) is 4.98 Å². The van der Waals surface area contributed by atoms with Crippen molar-refractivity contribution in [2.24, 2.45) is 0 Å². The number of carbonyl (C=O) groups excluding carboxylic acids is 1. The number of carbonyl (C=O) groups is 1. The number of hydrogen-bond donors (Lipinski definition) is 0. The lowest BCUT2D eigenvalue weighted by Crippen LogP contribution is -2.75. The number of nitrogens with zero attached hydrogens (tertiary/aromatic N) is 2. The second kappa shape index (κ2) is 24.2. The number of ether oxygens (including phenoxy) is 1. The summed E-state index contributed by atoms with van der Waals surface area (Å²) in [5.41, 5.74) is -29.5. The van der Waals surface area contributed by atoms with Crippen LogP contribution < -0.4 is 31.2 Å². The second-order valence-corrected chi connectivity index (χ2v) is 18.2. The van der Waals surface area contributed by atoms with E-state index in [0.717, 1.165) is 6.42 Å². The second-order valence-electron chi connectivity index (χ2n) is 18.2. The molecule has 440 valence electrons. The first-order valence-corrected chi connectivity index (χ1v) is 23.5. The highest BCUT2D eigenvalue weighted by atomic mass is 19.4. The van der Waals surface area contributed by atoms with Crippen LogP contribution in [0.15, 0.2) is 122 Å². The molecule has 1 heterocycles. The third-order valence-electron chi connectivity index (χ3n) is 12.4. The zero-order chi connectivity index (χ0) is 61.0. The molecule has 5 aromatic carbocycles. The summed E-state index contributed by atoms with van der Waals surface area (Å²) in [5, 5.41) is 0. The molecule has 6 aromatic rings. The zero-order valence-electron chi connectivity index (χ0n) is 41.1. The molecule has 0 aliphatic heterocycles. The Hall–Kier alpha value is -6.97. The Morgan fingerprint density at radius 3 is 1.02 bits per heavy atom. The van der Waals surface area contributed by atoms with E-state index in [-0.39, 0.29) is 12.3 Å². The summed E-state index contributed by atoms with van der Waals surface area (Å²) < 4.78 is 348. The van der Waals surface area contributed by atoms with E-state index >= 15 is 0 Å². The number of rotatable bonds is 15. The van der Waals surface area contributed by atoms with Gasteiger partial charge in [0.1, 0.15) is 12.3 Å². The molecule has 29 heteroatoms. The molecular weight excluding hydrogens is 1150 g/mol. The van der Waals surface area contributed by atoms with Gasteiger partial charge >= 0.3 is 55.3 Å². The van der Waals surface area contributed by atoms with Crippen LogP contribution in [0.4, 0.5) is 105 Å². The number of aromatic nitrogens is 2. The molecule has 0 amide bonds. The van der Waals surface area contributed by atoms with E-state index in [1.165, 1.54) is 32.1 Å². The zero-order valence-corrected chi connectivity index (χ0v) is 41.1. The highest BCUT2D eigenvalue weighted by Crippen LogP contribution is 2.41. The number of ketones is 1. The van der Waals surface area contributed by atoms with Crippen LogP contribution in [0.25, 0.3) is 0 Å². The van der Waals surface area contributed by atoms with Crippen LogP contribution in [0, 0.1) is 0 Å². The van der Waals surface area contributed by atoms with Crippen molar-refractivity contribution < 1.29 is 119 Å². The Kier molecular flexibility index (Phi) is 19.4. The van der Waals surface area contributed by atoms with Gasteiger partial charge < -0.3 is 4.74 Å². The average molecular weight is 1190 g/mol. The third kappa shape index (κ3) is 16.6. The van der Waals surface area contributed by atoms with Crippen molar-refractivity contribution in [2.75, 3.05) is 6.61 Å². The molecular formula is C52H39BF24N2O2. The van der Waals surface area contributed by atoms with E-state index in [9.17, 15) is 110 Å². The van der Waals surface area contributed by atoms with Gasteiger partial charge in [0.15, 0.2) is 6.20 Å². The molecule has 0 saturated heterocycles. The molecule has 1 aromatic heterocycles. The summed E-state index contributed by atoms with van der Waals surface area (Å²) in [7, 11) is 0. The van der Waals surface area contributed by atoms with Crippen LogP contribution in [-0.2, 0) is 56.0 Å². The SMILES string of the molecule is CCCCCCCCOc1cncc[n+]1CC(=O)c1ccccc1.FC(F)(F)c1cc([B-](c2cc(C(F)(F)F)cc(C(F)(F)F)c2)(c2cc(C(F)(F)F)cc(C(F)(F)F)c2)c2cc(C(F)(F)F)cc(C(F)(F)F)c2)cc(C(F)(F)F)c1. The lowest BCUT2D eigenvalue weighted by Gasteiger charge is -2.46. The molecule has 6 rings (SSSR count). The van der Waals surface area contributed by atoms with Crippen LogP contribution in [0.2, 0.25) is 0 Å². The fourth-order valence-electron chi connectivity index (χ4n) is 8.62. The van der Waals surface area contributed by atoms with Gasteiger partial charge in [0.05, 0.1) is 57.3 Å². The van der Waals surface area contributed by atoms with Gasteiger partial charge in [0.25, 0.3) is 0 Å². The van der Waals surface area contributed by atoms with Gasteiger partial charge in [-0.15, -0.1) is 0 Å². The number of alkyl halides is 24. The molecule has 81 heavy (non-hydrogen) atoms. The smallest absolute Gasteiger partial charge is 0.416 e. The van der Waals surface area contributed by atoms with Gasteiger partial charge in [-0.3, -0.25) is 4.79 Å². The quantitative estimate of drug-likeness (QED) is 0.0338. The monoisotopic (exact) mass is 1190 g/mol. The molecule has 0 atom stereocenters. The predicted octanol–water partition coefficient (Wildman–Crippen LogP) is 15.2. The lowest BCUT2D eigenvalue weighted by molar-refractivity contribution is -0.689. The van der Waals surface area contributed by atoms with Crippen LogP contribution in [0.3, 0.4) is 0 Å². The minimum Gasteiger partial charge on any atom is -0.443 e. The maximum absolute atomic E-state index is 14.2. The summed E-state index contributed by atoms with van der Waals surface area (Å²) >= 11 is 0. The van der Waals surface area contributed by atoms with E-state index in [1.54, 1.807) is 18.6 Å². The van der Waals surface area contributed by atoms with Crippen molar-refractivity contribution in [1.29, 1.82) is 0 Å². The molecule has 0 bridgehead atoms. The largest absolute Gasteiger partial charge is 0.443 e. The Balaban J connectivity index is 0.000000416. The minimum atomic E-state index is -6.13. The molecule has 0 aliphatic rings. The van der Waals surface area contributed by atoms with Gasteiger partial charge in [0.2, 0.25) is 12.3 Å². The van der Waals surface area contributed by atoms with Gasteiger partial charge in [-0.2, -0.15) is 132 Å². The molecule has 0 unspecified atom stereocenters. The number of benzene rings is 5. The molecule has 0 saturated carbocycles. The third-order valence-corrected chi connectivity index (χ3v) is 12.4. The molecule has 0 N–H and O–H groups in total. The number of halogens is 24. The standard InChI is InChI=1S/C32H12BF24.C20H27N2O2/c34-25(35,36)13-1-14(26(37,38)39)6-21(5-13)33(22-7-15(27(40,41)42)2-16(8-22)28(43,44)45,23-9-17(29(46,47)48)3-18(10-23)30(49,50)51)24-11-19(31(52,53)54)4-20(12-24)32(55,56)57;1-2-3-4-5-6-10-15-24-20-16-21-13-14-22(20)17-19(23)18-11-8-7-9-12-18/h1-12H;7-9,11-14,16H,2-6,10,15,17H2,1H3/q-1;+1. The van der Waals surface area contributed by atoms with E-state index in [4.69, 9.17) is 4.74 Å². The van der Waals surface area contributed by atoms with Crippen molar-refractivity contribution in [2.45, 2.75) is 101 Å². The Morgan fingerprint density at radius 1 is 0.432 bits per heavy atom. The Morgan fingerprint density at radius 2 is 0.728 bits per heavy atom. The summed E-state index contributed by atoms with van der Waals surface area (Å²) in [5.74, 6) is 0.714. The molecule has 4 nitrogen and oxygen atoms in total. The molecule has 0 radical (unpaired) electrons. The minimum absolute atomic E-state index is 0.0659. The highest BCUT2D eigenvalue weighted by Gasteiger charge is 2.47. The lowest BCUT2D eigenvalue weighted by atomic mass is 9.12. The maximum Gasteiger partial charge on any atom is 0.416 e. The van der Waals surface area contributed by atoms with Gasteiger partial charge in [-0.1, -0.05) is 118 Å². The maximum atomic E-state index is 14.2. The summed E-state index contributed by atoms with van der Waals surface area (Å²) in [4.78, 5) is 16.5. The number of unbranched alkanes of at least 4 members (excludes halogenated alkanes) is 5. The molecule has 0 fully saturated rings. The number of Topliss-reactive ketones (excluding diaryl/α,β-unsaturated/α-hetero) is 1. The van der Waals surface area contributed by atoms with Crippen LogP contribution in [0.1, 0.15) is 100 Å². The fourth-order valence-corrected chi connectivity index (χ4v) is 8.62. The molecule has 0 spiro atoms. The first-order valence-electron chi connectivity index (χ1n) is 23.5. The fraction of sp³-hybridized carbons (Fsp3) is 0.327. The topological polar surface area (TPSA) is 43.1 Å².